The Bertz CT molecular complexity index is 1150. The summed E-state index contributed by atoms with van der Waals surface area (Å²) in [5.41, 5.74) is 1.55. The number of para-hydroxylation sites is 1. The normalized spacial score (nSPS) is 11.6. The third kappa shape index (κ3) is 3.74. The summed E-state index contributed by atoms with van der Waals surface area (Å²) < 4.78 is 11.1. The molecule has 134 valence electrons. The van der Waals surface area contributed by atoms with E-state index in [1.807, 2.05) is 30.3 Å². The van der Waals surface area contributed by atoms with Gasteiger partial charge in [0.05, 0.1) is 18.5 Å². The lowest BCUT2D eigenvalue weighted by Gasteiger charge is -2.06. The average molecular weight is 360 g/mol. The molecule has 6 nitrogen and oxygen atoms in total. The highest BCUT2D eigenvalue weighted by molar-refractivity contribution is 5.96. The minimum atomic E-state index is -0.334. The Labute approximate surface area is 154 Å². The van der Waals surface area contributed by atoms with E-state index in [-0.39, 0.29) is 23.8 Å². The second-order valence-electron chi connectivity index (χ2n) is 5.90. The Balaban J connectivity index is 1.79. The molecule has 2 heterocycles. The number of carbonyl (C=O) groups is 1. The summed E-state index contributed by atoms with van der Waals surface area (Å²) in [5, 5.41) is 13.2. The predicted molar refractivity (Wildman–Crippen MR) is 99.4 cm³/mol. The number of furan rings is 1. The Morgan fingerprint density at radius 1 is 1.04 bits per heavy atom. The number of phenols is 1. The van der Waals surface area contributed by atoms with Crippen molar-refractivity contribution in [1.82, 2.24) is 5.32 Å². The van der Waals surface area contributed by atoms with Crippen LogP contribution in [0.1, 0.15) is 16.1 Å². The first-order chi connectivity index (χ1) is 13.2. The molecule has 4 rings (SSSR count). The number of aromatic hydroxyl groups is 1. The van der Waals surface area contributed by atoms with Crippen LogP contribution < -0.4 is 10.9 Å². The first kappa shape index (κ1) is 16.7. The summed E-state index contributed by atoms with van der Waals surface area (Å²) in [4.78, 5) is 17.2. The summed E-state index contributed by atoms with van der Waals surface area (Å²) in [6.45, 7) is 0.254. The lowest BCUT2D eigenvalue weighted by atomic mass is 10.1. The minimum Gasteiger partial charge on any atom is -0.508 e. The number of carbonyl (C=O) groups excluding carboxylic acids is 1. The van der Waals surface area contributed by atoms with Crippen molar-refractivity contribution in [2.24, 2.45) is 4.99 Å². The Morgan fingerprint density at radius 2 is 1.89 bits per heavy atom. The highest BCUT2D eigenvalue weighted by Crippen LogP contribution is 2.20. The van der Waals surface area contributed by atoms with E-state index in [2.05, 4.69) is 10.3 Å². The maximum atomic E-state index is 12.7. The van der Waals surface area contributed by atoms with Crippen molar-refractivity contribution in [2.45, 2.75) is 6.54 Å². The molecule has 2 N–H and O–H groups in total. The highest BCUT2D eigenvalue weighted by atomic mass is 16.3. The molecule has 1 amide bonds. The van der Waals surface area contributed by atoms with E-state index in [0.29, 0.717) is 28.0 Å². The van der Waals surface area contributed by atoms with E-state index in [1.54, 1.807) is 30.5 Å². The lowest BCUT2D eigenvalue weighted by Crippen LogP contribution is -2.28. The van der Waals surface area contributed by atoms with E-state index in [9.17, 15) is 9.90 Å². The molecule has 0 aliphatic carbocycles. The Kier molecular flexibility index (Phi) is 4.45. The van der Waals surface area contributed by atoms with Crippen LogP contribution in [-0.2, 0) is 6.54 Å². The number of rotatable bonds is 4. The van der Waals surface area contributed by atoms with Gasteiger partial charge in [0.2, 0.25) is 5.55 Å². The number of hydrogen-bond donors (Lipinski definition) is 2. The van der Waals surface area contributed by atoms with Gasteiger partial charge in [-0.15, -0.1) is 0 Å². The predicted octanol–water partition coefficient (Wildman–Crippen LogP) is 3.89. The molecule has 0 aliphatic heterocycles. The standard InChI is InChI=1S/C21H16N2O4/c24-16-9-8-14-11-18(20(25)22-13-17-7-4-10-26-17)21(27-19(14)12-16)23-15-5-2-1-3-6-15/h1-12,24H,13H2,(H,22,25). The molecule has 0 radical (unpaired) electrons. The largest absolute Gasteiger partial charge is 0.508 e. The van der Waals surface area contributed by atoms with Gasteiger partial charge < -0.3 is 19.3 Å². The van der Waals surface area contributed by atoms with Crippen LogP contribution in [0.2, 0.25) is 0 Å². The van der Waals surface area contributed by atoms with Gasteiger partial charge >= 0.3 is 0 Å². The molecule has 0 saturated carbocycles. The molecule has 0 spiro atoms. The summed E-state index contributed by atoms with van der Waals surface area (Å²) in [6, 6.07) is 19.1. The molecule has 0 unspecified atom stereocenters. The average Bonchev–Trinajstić information content (AvgIpc) is 3.20. The zero-order valence-electron chi connectivity index (χ0n) is 14.3. The molecule has 0 bridgehead atoms. The number of amides is 1. The van der Waals surface area contributed by atoms with Crippen LogP contribution in [0.3, 0.4) is 0 Å². The molecular formula is C21H16N2O4. The molecule has 2 aromatic carbocycles. The van der Waals surface area contributed by atoms with Crippen molar-refractivity contribution in [3.8, 4) is 5.75 Å². The van der Waals surface area contributed by atoms with Crippen LogP contribution in [-0.4, -0.2) is 11.0 Å². The Morgan fingerprint density at radius 3 is 2.67 bits per heavy atom. The van der Waals surface area contributed by atoms with Gasteiger partial charge in [-0.25, -0.2) is 4.99 Å². The van der Waals surface area contributed by atoms with Crippen molar-refractivity contribution in [3.05, 3.63) is 89.9 Å². The van der Waals surface area contributed by atoms with Gasteiger partial charge in [0.1, 0.15) is 22.7 Å². The van der Waals surface area contributed by atoms with Gasteiger partial charge in [-0.3, -0.25) is 4.79 Å². The maximum absolute atomic E-state index is 12.7. The molecular weight excluding hydrogens is 344 g/mol. The monoisotopic (exact) mass is 360 g/mol. The van der Waals surface area contributed by atoms with Gasteiger partial charge in [0.25, 0.3) is 5.91 Å². The van der Waals surface area contributed by atoms with Crippen molar-refractivity contribution < 1.29 is 18.7 Å². The van der Waals surface area contributed by atoms with Crippen LogP contribution in [0.15, 0.2) is 86.8 Å². The van der Waals surface area contributed by atoms with Gasteiger partial charge in [0, 0.05) is 11.5 Å². The van der Waals surface area contributed by atoms with Crippen molar-refractivity contribution in [1.29, 1.82) is 0 Å². The van der Waals surface area contributed by atoms with Gasteiger partial charge in [-0.05, 0) is 42.5 Å². The number of benzene rings is 2. The van der Waals surface area contributed by atoms with Crippen LogP contribution in [0, 0.1) is 0 Å². The first-order valence-electron chi connectivity index (χ1n) is 8.36. The van der Waals surface area contributed by atoms with Gasteiger partial charge in [-0.2, -0.15) is 0 Å². The van der Waals surface area contributed by atoms with Gasteiger partial charge in [0.15, 0.2) is 0 Å². The number of nitrogens with one attached hydrogen (secondary N) is 1. The maximum Gasteiger partial charge on any atom is 0.257 e. The molecule has 6 heteroatoms. The van der Waals surface area contributed by atoms with E-state index in [1.165, 1.54) is 12.1 Å². The number of hydrogen-bond acceptors (Lipinski definition) is 5. The zero-order valence-corrected chi connectivity index (χ0v) is 14.3. The molecule has 4 aromatic rings. The fraction of sp³-hybridized carbons (Fsp3) is 0.0476. The van der Waals surface area contributed by atoms with E-state index >= 15 is 0 Å². The van der Waals surface area contributed by atoms with Gasteiger partial charge in [-0.1, -0.05) is 18.2 Å². The van der Waals surface area contributed by atoms with Crippen LogP contribution in [0.25, 0.3) is 11.0 Å². The quantitative estimate of drug-likeness (QED) is 0.578. The van der Waals surface area contributed by atoms with Crippen molar-refractivity contribution >= 4 is 22.6 Å². The molecule has 0 fully saturated rings. The molecule has 0 saturated heterocycles. The lowest BCUT2D eigenvalue weighted by molar-refractivity contribution is 0.0944. The topological polar surface area (TPSA) is 88.0 Å². The minimum absolute atomic E-state index is 0.0759. The van der Waals surface area contributed by atoms with E-state index < -0.39 is 0 Å². The number of fused-ring (bicyclic) bond motifs is 1. The molecule has 0 aliphatic rings. The smallest absolute Gasteiger partial charge is 0.257 e. The SMILES string of the molecule is O=C(NCc1ccco1)c1cc2ccc(O)cc2oc1=Nc1ccccc1. The fourth-order valence-corrected chi connectivity index (χ4v) is 2.65. The molecule has 0 atom stereocenters. The second-order valence-corrected chi connectivity index (χ2v) is 5.90. The zero-order chi connectivity index (χ0) is 18.6. The first-order valence-corrected chi connectivity index (χ1v) is 8.36. The summed E-state index contributed by atoms with van der Waals surface area (Å²) >= 11 is 0. The number of nitrogens with zero attached hydrogens (tertiary/aromatic N) is 1. The molecule has 2 aromatic heterocycles. The van der Waals surface area contributed by atoms with Crippen molar-refractivity contribution in [2.75, 3.05) is 0 Å². The third-order valence-electron chi connectivity index (χ3n) is 3.97. The summed E-state index contributed by atoms with van der Waals surface area (Å²) in [5.74, 6) is 0.388. The third-order valence-corrected chi connectivity index (χ3v) is 3.97. The second kappa shape index (κ2) is 7.21. The summed E-state index contributed by atoms with van der Waals surface area (Å²) in [7, 11) is 0. The number of phenolic OH excluding ortho intramolecular Hbond substituents is 1. The molecule has 27 heavy (non-hydrogen) atoms. The van der Waals surface area contributed by atoms with Crippen LogP contribution in [0.5, 0.6) is 5.75 Å². The van der Waals surface area contributed by atoms with Crippen LogP contribution in [0.4, 0.5) is 5.69 Å². The Hall–Kier alpha value is -3.80. The van der Waals surface area contributed by atoms with Crippen molar-refractivity contribution in [3.63, 3.8) is 0 Å². The van der Waals surface area contributed by atoms with E-state index in [0.717, 1.165) is 0 Å². The van der Waals surface area contributed by atoms with Crippen LogP contribution >= 0.6 is 0 Å². The van der Waals surface area contributed by atoms with E-state index in [4.69, 9.17) is 8.83 Å². The highest BCUT2D eigenvalue weighted by Gasteiger charge is 2.13. The summed E-state index contributed by atoms with van der Waals surface area (Å²) in [6.07, 6.45) is 1.55. The fourth-order valence-electron chi connectivity index (χ4n) is 2.65.